The molecule has 1 unspecified atom stereocenters. The third-order valence-corrected chi connectivity index (χ3v) is 8.59. The highest BCUT2D eigenvalue weighted by Crippen LogP contribution is 2.58. The Labute approximate surface area is 194 Å². The van der Waals surface area contributed by atoms with Gasteiger partial charge in [0.1, 0.15) is 11.8 Å². The number of ether oxygens (including phenoxy) is 2. The number of carbonyl (C=O) groups excluding carboxylic acids is 1. The summed E-state index contributed by atoms with van der Waals surface area (Å²) in [5.74, 6) is -0.0280. The number of aliphatic hydroxyl groups excluding tert-OH is 1. The van der Waals surface area contributed by atoms with Gasteiger partial charge < -0.3 is 29.0 Å². The predicted molar refractivity (Wildman–Crippen MR) is 129 cm³/mol. The molecular weight excluding hydrogens is 430 g/mol. The van der Waals surface area contributed by atoms with Crippen LogP contribution >= 0.6 is 0 Å². The topological polar surface area (TPSA) is 77.7 Å². The first-order chi connectivity index (χ1) is 16.5. The summed E-state index contributed by atoms with van der Waals surface area (Å²) < 4.78 is 17.5. The normalized spacial score (nSPS) is 27.4. The molecule has 2 bridgehead atoms. The largest absolute Gasteiger partial charge is 0.393 e. The molecule has 8 rings (SSSR count). The number of hydrogen-bond acceptors (Lipinski definition) is 4. The van der Waals surface area contributed by atoms with Crippen molar-refractivity contribution in [2.24, 2.45) is 0 Å². The molecule has 7 heteroatoms. The van der Waals surface area contributed by atoms with E-state index in [0.717, 1.165) is 54.7 Å². The first-order valence-electron chi connectivity index (χ1n) is 11.7. The van der Waals surface area contributed by atoms with Gasteiger partial charge in [0.05, 0.1) is 34.2 Å². The molecule has 1 saturated heterocycles. The van der Waals surface area contributed by atoms with Crippen molar-refractivity contribution in [1.29, 1.82) is 0 Å². The summed E-state index contributed by atoms with van der Waals surface area (Å²) in [6, 6.07) is 16.5. The summed E-state index contributed by atoms with van der Waals surface area (Å²) in [4.78, 5) is 13.2. The second-order valence-electron chi connectivity index (χ2n) is 9.84. The van der Waals surface area contributed by atoms with Crippen LogP contribution in [0.4, 0.5) is 0 Å². The van der Waals surface area contributed by atoms with E-state index in [1.807, 2.05) is 31.2 Å². The summed E-state index contributed by atoms with van der Waals surface area (Å²) in [7, 11) is 1.65. The van der Waals surface area contributed by atoms with Crippen LogP contribution in [-0.2, 0) is 21.7 Å². The van der Waals surface area contributed by atoms with Crippen molar-refractivity contribution in [3.63, 3.8) is 0 Å². The molecule has 0 saturated carbocycles. The highest BCUT2D eigenvalue weighted by Gasteiger charge is 2.62. The summed E-state index contributed by atoms with van der Waals surface area (Å²) in [6.07, 6.45) is 0.130. The van der Waals surface area contributed by atoms with E-state index in [4.69, 9.17) is 9.47 Å². The van der Waals surface area contributed by atoms with Crippen LogP contribution in [-0.4, -0.2) is 39.5 Å². The van der Waals surface area contributed by atoms with Crippen LogP contribution in [0.25, 0.3) is 43.6 Å². The molecule has 3 aromatic carbocycles. The van der Waals surface area contributed by atoms with E-state index in [1.165, 1.54) is 0 Å². The van der Waals surface area contributed by atoms with Crippen molar-refractivity contribution in [3.8, 4) is 0 Å². The van der Waals surface area contributed by atoms with Crippen molar-refractivity contribution < 1.29 is 19.4 Å². The van der Waals surface area contributed by atoms with Gasteiger partial charge in [0.25, 0.3) is 5.91 Å². The number of nitrogens with one attached hydrogen (secondary N) is 1. The molecule has 0 spiro atoms. The molecule has 3 aliphatic heterocycles. The van der Waals surface area contributed by atoms with Gasteiger partial charge in [-0.15, -0.1) is 0 Å². The highest BCUT2D eigenvalue weighted by molar-refractivity contribution is 6.31. The second kappa shape index (κ2) is 5.81. The minimum absolute atomic E-state index is 0.0280. The number of rotatable bonds is 2. The van der Waals surface area contributed by atoms with E-state index < -0.39 is 11.3 Å². The van der Waals surface area contributed by atoms with E-state index in [1.54, 1.807) is 7.11 Å². The number of aliphatic hydroxyl groups is 1. The summed E-state index contributed by atoms with van der Waals surface area (Å²) >= 11 is 0. The fraction of sp³-hybridized carbons (Fsp3) is 0.296. The molecule has 2 aromatic heterocycles. The van der Waals surface area contributed by atoms with Gasteiger partial charge in [-0.05, 0) is 24.6 Å². The third kappa shape index (κ3) is 1.78. The maximum absolute atomic E-state index is 13.2. The van der Waals surface area contributed by atoms with Crippen LogP contribution in [0.2, 0.25) is 0 Å². The number of para-hydroxylation sites is 2. The number of methoxy groups -OCH3 is 1. The highest BCUT2D eigenvalue weighted by atomic mass is 16.6. The zero-order valence-electron chi connectivity index (χ0n) is 18.9. The van der Waals surface area contributed by atoms with Crippen LogP contribution in [0.15, 0.2) is 48.5 Å². The minimum Gasteiger partial charge on any atom is -0.393 e. The monoisotopic (exact) mass is 453 g/mol. The van der Waals surface area contributed by atoms with Gasteiger partial charge in [0, 0.05) is 41.6 Å². The van der Waals surface area contributed by atoms with Crippen molar-refractivity contribution in [3.05, 3.63) is 59.7 Å². The molecule has 5 aromatic rings. The average Bonchev–Trinajstić information content (AvgIpc) is 3.55. The quantitative estimate of drug-likeness (QED) is 0.421. The Morgan fingerprint density at radius 1 is 1.09 bits per heavy atom. The standard InChI is InChI=1S/C27H23N3O4/c1-26-27(13-31,33-2)11-19(34-26)29-17-9-5-3-7-14(17)21-22-16(12-28-25(22)32)20-15-8-4-6-10-18(15)30(26)24(20)23(21)29/h3-10,19,31H,11-13H2,1-2H3,(H,28,32)/t19?,26-,27-/m1/s1. The van der Waals surface area contributed by atoms with Gasteiger partial charge in [-0.3, -0.25) is 4.79 Å². The molecule has 5 heterocycles. The summed E-state index contributed by atoms with van der Waals surface area (Å²) in [6.45, 7) is 2.34. The van der Waals surface area contributed by atoms with Crippen molar-refractivity contribution >= 4 is 49.5 Å². The summed E-state index contributed by atoms with van der Waals surface area (Å²) in [5.41, 5.74) is 3.96. The maximum atomic E-state index is 13.2. The lowest BCUT2D eigenvalue weighted by Crippen LogP contribution is -2.54. The number of nitrogens with zero attached hydrogens (tertiary/aromatic N) is 2. The second-order valence-corrected chi connectivity index (χ2v) is 9.84. The van der Waals surface area contributed by atoms with E-state index >= 15 is 0 Å². The Hall–Kier alpha value is -3.39. The molecule has 3 aliphatic rings. The lowest BCUT2D eigenvalue weighted by molar-refractivity contribution is -0.201. The number of hydrogen-bond donors (Lipinski definition) is 2. The first-order valence-corrected chi connectivity index (χ1v) is 11.7. The number of benzene rings is 3. The Kier molecular flexibility index (Phi) is 3.24. The zero-order valence-corrected chi connectivity index (χ0v) is 18.9. The molecule has 7 nitrogen and oxygen atoms in total. The number of carbonyl (C=O) groups is 1. The molecule has 34 heavy (non-hydrogen) atoms. The first kappa shape index (κ1) is 19.0. The van der Waals surface area contributed by atoms with E-state index in [-0.39, 0.29) is 18.7 Å². The van der Waals surface area contributed by atoms with Crippen LogP contribution < -0.4 is 5.32 Å². The van der Waals surface area contributed by atoms with Crippen molar-refractivity contribution in [1.82, 2.24) is 14.5 Å². The lowest BCUT2D eigenvalue weighted by Gasteiger charge is -2.41. The third-order valence-electron chi connectivity index (χ3n) is 8.59. The molecule has 3 atom stereocenters. The smallest absolute Gasteiger partial charge is 0.252 e. The minimum atomic E-state index is -0.958. The molecule has 170 valence electrons. The molecule has 1 amide bonds. The molecule has 0 radical (unpaired) electrons. The Morgan fingerprint density at radius 3 is 2.53 bits per heavy atom. The fourth-order valence-corrected chi connectivity index (χ4v) is 7.06. The number of aromatic nitrogens is 2. The van der Waals surface area contributed by atoms with Crippen molar-refractivity contribution in [2.75, 3.05) is 13.7 Å². The number of fused-ring (bicyclic) bond motifs is 13. The van der Waals surface area contributed by atoms with Gasteiger partial charge in [-0.1, -0.05) is 36.4 Å². The van der Waals surface area contributed by atoms with E-state index in [2.05, 4.69) is 38.7 Å². The van der Waals surface area contributed by atoms with Gasteiger partial charge in [0.2, 0.25) is 0 Å². The zero-order chi connectivity index (χ0) is 23.0. The van der Waals surface area contributed by atoms with Gasteiger partial charge in [-0.25, -0.2) is 0 Å². The van der Waals surface area contributed by atoms with Gasteiger partial charge in [-0.2, -0.15) is 0 Å². The van der Waals surface area contributed by atoms with Crippen LogP contribution in [0.1, 0.15) is 35.5 Å². The predicted octanol–water partition coefficient (Wildman–Crippen LogP) is 4.13. The molecule has 2 N–H and O–H groups in total. The Bertz CT molecular complexity index is 1740. The molecule has 0 aliphatic carbocycles. The van der Waals surface area contributed by atoms with Gasteiger partial charge in [0.15, 0.2) is 5.72 Å². The average molecular weight is 453 g/mol. The van der Waals surface area contributed by atoms with Crippen LogP contribution in [0.3, 0.4) is 0 Å². The van der Waals surface area contributed by atoms with Crippen molar-refractivity contribution in [2.45, 2.75) is 37.4 Å². The van der Waals surface area contributed by atoms with E-state index in [9.17, 15) is 9.90 Å². The van der Waals surface area contributed by atoms with Crippen LogP contribution in [0.5, 0.6) is 0 Å². The molecular formula is C27H23N3O4. The Balaban J connectivity index is 1.76. The van der Waals surface area contributed by atoms with Crippen LogP contribution in [0, 0.1) is 0 Å². The van der Waals surface area contributed by atoms with Gasteiger partial charge >= 0.3 is 0 Å². The molecule has 1 fully saturated rings. The van der Waals surface area contributed by atoms with E-state index in [0.29, 0.717) is 13.0 Å². The summed E-state index contributed by atoms with van der Waals surface area (Å²) in [5, 5.41) is 17.9. The lowest BCUT2D eigenvalue weighted by atomic mass is 9.89. The fourth-order valence-electron chi connectivity index (χ4n) is 7.06. The number of amides is 1. The SMILES string of the molecule is CO[C@@]1(CO)CC2O[C@@]1(C)n1c3ccccc3c3c4c(c5c6ccccc6n2c5c31)C(=O)NC4. The maximum Gasteiger partial charge on any atom is 0.252 e. The Morgan fingerprint density at radius 2 is 1.79 bits per heavy atom.